The van der Waals surface area contributed by atoms with Gasteiger partial charge in [-0.3, -0.25) is 10.1 Å². The van der Waals surface area contributed by atoms with Crippen molar-refractivity contribution in [2.45, 2.75) is 0 Å². The summed E-state index contributed by atoms with van der Waals surface area (Å²) in [5, 5.41) is 24.0. The van der Waals surface area contributed by atoms with Gasteiger partial charge in [0.2, 0.25) is 0 Å². The highest BCUT2D eigenvalue weighted by atomic mass is 16.6. The van der Waals surface area contributed by atoms with Crippen LogP contribution in [0.3, 0.4) is 0 Å². The molecule has 0 saturated carbocycles. The van der Waals surface area contributed by atoms with Crippen molar-refractivity contribution in [2.75, 3.05) is 5.43 Å². The van der Waals surface area contributed by atoms with Crippen LogP contribution < -0.4 is 5.43 Å². The molecule has 0 atom stereocenters. The summed E-state index contributed by atoms with van der Waals surface area (Å²) in [6.45, 7) is 0. The minimum Gasteiger partial charge on any atom is -0.338 e. The first kappa shape index (κ1) is 14.7. The lowest BCUT2D eigenvalue weighted by atomic mass is 10.2. The van der Waals surface area contributed by atoms with E-state index >= 15 is 0 Å². The van der Waals surface area contributed by atoms with Crippen LogP contribution in [0.25, 0.3) is 22.1 Å². The molecule has 0 aliphatic rings. The Labute approximate surface area is 140 Å². The van der Waals surface area contributed by atoms with Gasteiger partial charge in [-0.1, -0.05) is 30.3 Å². The molecule has 0 saturated heterocycles. The molecule has 122 valence electrons. The standard InChI is InChI=1S/C16H11N7O2/c24-23(25)13-8-4-1-5-10(13)9-17-21-16-19-15-14(20-22-16)11-6-2-3-7-12(11)18-15/h1-9H,(H2,18,19,21,22)/b17-9-. The molecule has 25 heavy (non-hydrogen) atoms. The van der Waals surface area contributed by atoms with Gasteiger partial charge in [0, 0.05) is 17.0 Å². The number of benzene rings is 2. The summed E-state index contributed by atoms with van der Waals surface area (Å²) in [6.07, 6.45) is 1.34. The molecule has 4 rings (SSSR count). The van der Waals surface area contributed by atoms with Crippen LogP contribution in [-0.4, -0.2) is 31.3 Å². The summed E-state index contributed by atoms with van der Waals surface area (Å²) >= 11 is 0. The molecule has 0 bridgehead atoms. The van der Waals surface area contributed by atoms with E-state index in [0.29, 0.717) is 16.7 Å². The lowest BCUT2D eigenvalue weighted by Gasteiger charge is -1.98. The van der Waals surface area contributed by atoms with Crippen LogP contribution in [-0.2, 0) is 0 Å². The van der Waals surface area contributed by atoms with Crippen LogP contribution in [0.2, 0.25) is 0 Å². The minimum atomic E-state index is -0.462. The fourth-order valence-corrected chi connectivity index (χ4v) is 2.49. The van der Waals surface area contributed by atoms with E-state index in [-0.39, 0.29) is 11.6 Å². The van der Waals surface area contributed by atoms with Crippen molar-refractivity contribution in [2.24, 2.45) is 5.10 Å². The van der Waals surface area contributed by atoms with E-state index in [0.717, 1.165) is 10.9 Å². The molecule has 0 aliphatic heterocycles. The number of nitrogens with one attached hydrogen (secondary N) is 2. The van der Waals surface area contributed by atoms with Crippen LogP contribution in [0.5, 0.6) is 0 Å². The number of aromatic amines is 1. The number of aromatic nitrogens is 4. The predicted molar refractivity (Wildman–Crippen MR) is 93.5 cm³/mol. The van der Waals surface area contributed by atoms with E-state index < -0.39 is 4.92 Å². The van der Waals surface area contributed by atoms with Gasteiger partial charge in [0.05, 0.1) is 16.7 Å². The predicted octanol–water partition coefficient (Wildman–Crippen LogP) is 2.86. The van der Waals surface area contributed by atoms with Crippen LogP contribution in [0.15, 0.2) is 53.6 Å². The van der Waals surface area contributed by atoms with Crippen LogP contribution in [0, 0.1) is 10.1 Å². The van der Waals surface area contributed by atoms with Gasteiger partial charge < -0.3 is 4.98 Å². The number of para-hydroxylation sites is 2. The van der Waals surface area contributed by atoms with Crippen molar-refractivity contribution in [3.05, 3.63) is 64.2 Å². The van der Waals surface area contributed by atoms with E-state index in [9.17, 15) is 10.1 Å². The highest BCUT2D eigenvalue weighted by Crippen LogP contribution is 2.21. The summed E-state index contributed by atoms with van der Waals surface area (Å²) in [5.41, 5.74) is 5.15. The third kappa shape index (κ3) is 2.74. The van der Waals surface area contributed by atoms with Crippen LogP contribution in [0.1, 0.15) is 5.56 Å². The average Bonchev–Trinajstić information content (AvgIpc) is 3.00. The summed E-state index contributed by atoms with van der Waals surface area (Å²) in [5.74, 6) is 0.189. The third-order valence-electron chi connectivity index (χ3n) is 3.62. The fraction of sp³-hybridized carbons (Fsp3) is 0. The highest BCUT2D eigenvalue weighted by molar-refractivity contribution is 6.03. The van der Waals surface area contributed by atoms with E-state index in [2.05, 4.69) is 30.7 Å². The number of fused-ring (bicyclic) bond motifs is 3. The molecule has 9 nitrogen and oxygen atoms in total. The molecule has 2 aromatic carbocycles. The Hall–Kier alpha value is -3.88. The first-order valence-electron chi connectivity index (χ1n) is 7.36. The van der Waals surface area contributed by atoms with Crippen molar-refractivity contribution in [3.8, 4) is 0 Å². The topological polar surface area (TPSA) is 122 Å². The molecule has 4 aromatic rings. The van der Waals surface area contributed by atoms with Crippen molar-refractivity contribution in [1.82, 2.24) is 20.2 Å². The summed E-state index contributed by atoms with van der Waals surface area (Å²) in [4.78, 5) is 18.0. The number of anilines is 1. The van der Waals surface area contributed by atoms with E-state index in [4.69, 9.17) is 0 Å². The Balaban J connectivity index is 1.61. The van der Waals surface area contributed by atoms with Crippen LogP contribution in [0.4, 0.5) is 11.6 Å². The molecule has 2 heterocycles. The molecular weight excluding hydrogens is 322 g/mol. The SMILES string of the molecule is O=[N+]([O-])c1ccccc1/C=N\Nc1nnc2c(n1)[nH]c1ccccc12. The first-order valence-corrected chi connectivity index (χ1v) is 7.36. The number of H-pyrrole nitrogens is 1. The second-order valence-electron chi connectivity index (χ2n) is 5.19. The lowest BCUT2D eigenvalue weighted by molar-refractivity contribution is -0.385. The number of nitrogens with zero attached hydrogens (tertiary/aromatic N) is 5. The largest absolute Gasteiger partial charge is 0.338 e. The molecule has 2 aromatic heterocycles. The average molecular weight is 333 g/mol. The Morgan fingerprint density at radius 3 is 2.80 bits per heavy atom. The quantitative estimate of drug-likeness (QED) is 0.336. The number of hydrogen-bond acceptors (Lipinski definition) is 7. The number of rotatable bonds is 4. The van der Waals surface area contributed by atoms with Gasteiger partial charge in [0.25, 0.3) is 11.6 Å². The summed E-state index contributed by atoms with van der Waals surface area (Å²) < 4.78 is 0. The molecule has 0 aliphatic carbocycles. The molecule has 0 amide bonds. The smallest absolute Gasteiger partial charge is 0.278 e. The van der Waals surface area contributed by atoms with Gasteiger partial charge in [0.1, 0.15) is 5.52 Å². The normalized spacial score (nSPS) is 11.4. The molecular formula is C16H11N7O2. The maximum absolute atomic E-state index is 11.0. The van der Waals surface area contributed by atoms with Crippen molar-refractivity contribution < 1.29 is 4.92 Å². The number of nitro groups is 1. The van der Waals surface area contributed by atoms with Crippen molar-refractivity contribution >= 4 is 39.9 Å². The third-order valence-corrected chi connectivity index (χ3v) is 3.62. The monoisotopic (exact) mass is 333 g/mol. The molecule has 2 N–H and O–H groups in total. The molecule has 9 heteroatoms. The second-order valence-corrected chi connectivity index (χ2v) is 5.19. The van der Waals surface area contributed by atoms with Crippen molar-refractivity contribution in [3.63, 3.8) is 0 Å². The highest BCUT2D eigenvalue weighted by Gasteiger charge is 2.10. The molecule has 0 spiro atoms. The van der Waals surface area contributed by atoms with Crippen LogP contribution >= 0.6 is 0 Å². The maximum Gasteiger partial charge on any atom is 0.278 e. The zero-order valence-electron chi connectivity index (χ0n) is 12.7. The maximum atomic E-state index is 11.0. The molecule has 0 fully saturated rings. The summed E-state index contributed by atoms with van der Waals surface area (Å²) in [6, 6.07) is 14.0. The van der Waals surface area contributed by atoms with Gasteiger partial charge in [-0.05, 0) is 12.1 Å². The van der Waals surface area contributed by atoms with E-state index in [1.54, 1.807) is 18.2 Å². The number of hydrazone groups is 1. The Bertz CT molecular complexity index is 1120. The molecule has 0 radical (unpaired) electrons. The zero-order chi connectivity index (χ0) is 17.2. The summed E-state index contributed by atoms with van der Waals surface area (Å²) in [7, 11) is 0. The van der Waals surface area contributed by atoms with E-state index in [1.165, 1.54) is 12.3 Å². The first-order chi connectivity index (χ1) is 12.2. The Kier molecular flexibility index (Phi) is 3.51. The lowest BCUT2D eigenvalue weighted by Crippen LogP contribution is -2.00. The molecule has 0 unspecified atom stereocenters. The van der Waals surface area contributed by atoms with Gasteiger partial charge in [-0.15, -0.1) is 10.2 Å². The zero-order valence-corrected chi connectivity index (χ0v) is 12.7. The Morgan fingerprint density at radius 1 is 1.12 bits per heavy atom. The van der Waals surface area contributed by atoms with Gasteiger partial charge >= 0.3 is 0 Å². The van der Waals surface area contributed by atoms with E-state index in [1.807, 2.05) is 24.3 Å². The van der Waals surface area contributed by atoms with Gasteiger partial charge in [-0.25, -0.2) is 5.43 Å². The van der Waals surface area contributed by atoms with Crippen molar-refractivity contribution in [1.29, 1.82) is 0 Å². The number of nitro benzene ring substituents is 1. The number of hydrogen-bond donors (Lipinski definition) is 2. The van der Waals surface area contributed by atoms with Gasteiger partial charge in [-0.2, -0.15) is 10.1 Å². The Morgan fingerprint density at radius 2 is 1.92 bits per heavy atom. The second kappa shape index (κ2) is 5.96. The van der Waals surface area contributed by atoms with Gasteiger partial charge in [0.15, 0.2) is 5.65 Å². The minimum absolute atomic E-state index is 0.0295. The fourth-order valence-electron chi connectivity index (χ4n) is 2.49.